The number of hydrogen-bond donors (Lipinski definition) is 2. The van der Waals surface area contributed by atoms with E-state index in [0.29, 0.717) is 13.1 Å². The third-order valence-electron chi connectivity index (χ3n) is 2.43. The molecule has 0 saturated carbocycles. The number of benzene rings is 1. The van der Waals surface area contributed by atoms with E-state index in [1.807, 2.05) is 19.1 Å². The molecule has 16 heavy (non-hydrogen) atoms. The molecule has 1 aromatic carbocycles. The Balaban J connectivity index is 2.49. The van der Waals surface area contributed by atoms with Crippen molar-refractivity contribution < 1.29 is 15.0 Å². The first-order valence-electron chi connectivity index (χ1n) is 5.34. The molecule has 0 aromatic heterocycles. The van der Waals surface area contributed by atoms with Gasteiger partial charge in [-0.3, -0.25) is 9.69 Å². The Hall–Kier alpha value is -1.55. The molecular formula is C12H17NO3. The van der Waals surface area contributed by atoms with Crippen molar-refractivity contribution in [2.24, 2.45) is 0 Å². The van der Waals surface area contributed by atoms with Crippen LogP contribution in [-0.2, 0) is 11.3 Å². The van der Waals surface area contributed by atoms with Gasteiger partial charge in [-0.2, -0.15) is 0 Å². The second-order valence-corrected chi connectivity index (χ2v) is 3.68. The number of aromatic hydroxyl groups is 1. The van der Waals surface area contributed by atoms with Gasteiger partial charge in [0.1, 0.15) is 5.75 Å². The average Bonchev–Trinajstić information content (AvgIpc) is 2.26. The molecule has 0 aliphatic carbocycles. The molecule has 0 radical (unpaired) electrons. The number of carboxylic acid groups (broad SMARTS) is 1. The molecule has 0 bridgehead atoms. The fourth-order valence-electron chi connectivity index (χ4n) is 1.46. The summed E-state index contributed by atoms with van der Waals surface area (Å²) in [6.45, 7) is 4.08. The number of nitrogens with zero attached hydrogens (tertiary/aromatic N) is 1. The van der Waals surface area contributed by atoms with Crippen LogP contribution in [0.1, 0.15) is 18.9 Å². The van der Waals surface area contributed by atoms with Crippen LogP contribution in [0.4, 0.5) is 0 Å². The topological polar surface area (TPSA) is 60.8 Å². The smallest absolute Gasteiger partial charge is 0.304 e. The first-order valence-corrected chi connectivity index (χ1v) is 5.34. The van der Waals surface area contributed by atoms with E-state index in [4.69, 9.17) is 10.2 Å². The van der Waals surface area contributed by atoms with E-state index in [9.17, 15) is 4.79 Å². The SMILES string of the molecule is CCN(CCC(=O)O)Cc1ccc(O)cc1. The van der Waals surface area contributed by atoms with Crippen molar-refractivity contribution in [3.8, 4) is 5.75 Å². The number of phenolic OH excluding ortho intramolecular Hbond substituents is 1. The van der Waals surface area contributed by atoms with Gasteiger partial charge in [-0.15, -0.1) is 0 Å². The summed E-state index contributed by atoms with van der Waals surface area (Å²) in [4.78, 5) is 12.5. The molecule has 4 heteroatoms. The van der Waals surface area contributed by atoms with E-state index in [0.717, 1.165) is 12.1 Å². The summed E-state index contributed by atoms with van der Waals surface area (Å²) < 4.78 is 0. The Kier molecular flexibility index (Phi) is 4.79. The maximum absolute atomic E-state index is 10.5. The monoisotopic (exact) mass is 223 g/mol. The summed E-state index contributed by atoms with van der Waals surface area (Å²) in [6.07, 6.45) is 0.159. The van der Waals surface area contributed by atoms with Gasteiger partial charge in [-0.1, -0.05) is 19.1 Å². The highest BCUT2D eigenvalue weighted by molar-refractivity contribution is 5.66. The van der Waals surface area contributed by atoms with E-state index in [1.165, 1.54) is 0 Å². The van der Waals surface area contributed by atoms with Gasteiger partial charge in [0.05, 0.1) is 6.42 Å². The highest BCUT2D eigenvalue weighted by atomic mass is 16.4. The third kappa shape index (κ3) is 4.31. The van der Waals surface area contributed by atoms with Crippen LogP contribution in [0, 0.1) is 0 Å². The van der Waals surface area contributed by atoms with Crippen LogP contribution in [0.2, 0.25) is 0 Å². The zero-order valence-electron chi connectivity index (χ0n) is 9.39. The van der Waals surface area contributed by atoms with Crippen LogP contribution in [-0.4, -0.2) is 34.2 Å². The quantitative estimate of drug-likeness (QED) is 0.770. The van der Waals surface area contributed by atoms with Gasteiger partial charge in [0.15, 0.2) is 0 Å². The summed E-state index contributed by atoms with van der Waals surface area (Å²) in [5, 5.41) is 17.7. The maximum Gasteiger partial charge on any atom is 0.304 e. The third-order valence-corrected chi connectivity index (χ3v) is 2.43. The van der Waals surface area contributed by atoms with Crippen molar-refractivity contribution in [1.82, 2.24) is 4.90 Å². The maximum atomic E-state index is 10.5. The van der Waals surface area contributed by atoms with E-state index in [2.05, 4.69) is 4.90 Å². The van der Waals surface area contributed by atoms with Crippen molar-refractivity contribution in [2.75, 3.05) is 13.1 Å². The second-order valence-electron chi connectivity index (χ2n) is 3.68. The number of carbonyl (C=O) groups is 1. The van der Waals surface area contributed by atoms with Gasteiger partial charge in [-0.05, 0) is 24.2 Å². The van der Waals surface area contributed by atoms with Gasteiger partial charge in [-0.25, -0.2) is 0 Å². The zero-order valence-corrected chi connectivity index (χ0v) is 9.39. The fourth-order valence-corrected chi connectivity index (χ4v) is 1.46. The standard InChI is InChI=1S/C12H17NO3/c1-2-13(8-7-12(15)16)9-10-3-5-11(14)6-4-10/h3-6,14H,2,7-9H2,1H3,(H,15,16). The predicted octanol–water partition coefficient (Wildman–Crippen LogP) is 1.69. The Morgan fingerprint density at radius 1 is 1.31 bits per heavy atom. The highest BCUT2D eigenvalue weighted by Gasteiger charge is 2.06. The summed E-state index contributed by atoms with van der Waals surface area (Å²) in [5.74, 6) is -0.526. The molecule has 1 rings (SSSR count). The van der Waals surface area contributed by atoms with Gasteiger partial charge in [0.25, 0.3) is 0 Å². The van der Waals surface area contributed by atoms with Crippen LogP contribution in [0.25, 0.3) is 0 Å². The van der Waals surface area contributed by atoms with Crippen LogP contribution in [0.3, 0.4) is 0 Å². The van der Waals surface area contributed by atoms with Crippen molar-refractivity contribution in [2.45, 2.75) is 19.9 Å². The highest BCUT2D eigenvalue weighted by Crippen LogP contribution is 2.11. The Bertz CT molecular complexity index is 335. The minimum Gasteiger partial charge on any atom is -0.508 e. The number of rotatable bonds is 6. The molecule has 0 aliphatic rings. The molecule has 88 valence electrons. The van der Waals surface area contributed by atoms with Crippen molar-refractivity contribution in [3.05, 3.63) is 29.8 Å². The van der Waals surface area contributed by atoms with Crippen LogP contribution < -0.4 is 0 Å². The lowest BCUT2D eigenvalue weighted by Gasteiger charge is -2.19. The van der Waals surface area contributed by atoms with Gasteiger partial charge in [0.2, 0.25) is 0 Å². The molecule has 0 saturated heterocycles. The molecule has 0 amide bonds. The molecule has 0 aliphatic heterocycles. The average molecular weight is 223 g/mol. The molecular weight excluding hydrogens is 206 g/mol. The fraction of sp³-hybridized carbons (Fsp3) is 0.417. The molecule has 0 fully saturated rings. The van der Waals surface area contributed by atoms with Crippen molar-refractivity contribution >= 4 is 5.97 Å². The number of phenols is 1. The first-order chi connectivity index (χ1) is 7.61. The van der Waals surface area contributed by atoms with Crippen LogP contribution in [0.5, 0.6) is 5.75 Å². The van der Waals surface area contributed by atoms with Crippen molar-refractivity contribution in [1.29, 1.82) is 0 Å². The number of carboxylic acids is 1. The molecule has 0 atom stereocenters. The number of hydrogen-bond acceptors (Lipinski definition) is 3. The largest absolute Gasteiger partial charge is 0.508 e. The normalized spacial score (nSPS) is 10.6. The summed E-state index contributed by atoms with van der Waals surface area (Å²) >= 11 is 0. The summed E-state index contributed by atoms with van der Waals surface area (Å²) in [7, 11) is 0. The van der Waals surface area contributed by atoms with E-state index in [-0.39, 0.29) is 12.2 Å². The lowest BCUT2D eigenvalue weighted by Crippen LogP contribution is -2.25. The molecule has 4 nitrogen and oxygen atoms in total. The number of aliphatic carboxylic acids is 1. The summed E-state index contributed by atoms with van der Waals surface area (Å²) in [5.41, 5.74) is 1.07. The van der Waals surface area contributed by atoms with E-state index >= 15 is 0 Å². The Morgan fingerprint density at radius 2 is 1.94 bits per heavy atom. The summed E-state index contributed by atoms with van der Waals surface area (Å²) in [6, 6.07) is 6.97. The Morgan fingerprint density at radius 3 is 2.44 bits per heavy atom. The van der Waals surface area contributed by atoms with Crippen LogP contribution >= 0.6 is 0 Å². The molecule has 1 aromatic rings. The molecule has 2 N–H and O–H groups in total. The molecule has 0 spiro atoms. The second kappa shape index (κ2) is 6.12. The van der Waals surface area contributed by atoms with Crippen molar-refractivity contribution in [3.63, 3.8) is 0 Å². The lowest BCUT2D eigenvalue weighted by atomic mass is 10.2. The minimum absolute atomic E-state index is 0.159. The van der Waals surface area contributed by atoms with Gasteiger partial charge >= 0.3 is 5.97 Å². The van der Waals surface area contributed by atoms with E-state index < -0.39 is 5.97 Å². The minimum atomic E-state index is -0.774. The van der Waals surface area contributed by atoms with Gasteiger partial charge < -0.3 is 10.2 Å². The first kappa shape index (κ1) is 12.5. The molecule has 0 unspecified atom stereocenters. The van der Waals surface area contributed by atoms with E-state index in [1.54, 1.807) is 12.1 Å². The van der Waals surface area contributed by atoms with Gasteiger partial charge in [0, 0.05) is 13.1 Å². The van der Waals surface area contributed by atoms with Crippen LogP contribution in [0.15, 0.2) is 24.3 Å². The predicted molar refractivity (Wildman–Crippen MR) is 61.3 cm³/mol. The Labute approximate surface area is 95.1 Å². The lowest BCUT2D eigenvalue weighted by molar-refractivity contribution is -0.137. The zero-order chi connectivity index (χ0) is 12.0. The molecule has 0 heterocycles.